The molecule has 0 spiro atoms. The molecule has 98 valence electrons. The minimum Gasteiger partial charge on any atom is -0.298 e. The highest BCUT2D eigenvalue weighted by Gasteiger charge is 2.40. The lowest BCUT2D eigenvalue weighted by atomic mass is 9.67. The van der Waals surface area contributed by atoms with Crippen molar-refractivity contribution in [3.63, 3.8) is 0 Å². The molecule has 2 aliphatic rings. The van der Waals surface area contributed by atoms with Gasteiger partial charge in [0.15, 0.2) is 0 Å². The first-order valence-corrected chi connectivity index (χ1v) is 8.19. The Kier molecular flexibility index (Phi) is 3.31. The summed E-state index contributed by atoms with van der Waals surface area (Å²) in [5.74, 6) is 0.754. The van der Waals surface area contributed by atoms with Gasteiger partial charge in [-0.2, -0.15) is 0 Å². The summed E-state index contributed by atoms with van der Waals surface area (Å²) in [6.07, 6.45) is 9.49. The molecule has 0 aromatic carbocycles. The van der Waals surface area contributed by atoms with Crippen LogP contribution in [0.2, 0.25) is 0 Å². The number of carbonyl (C=O) groups excluding carboxylic acids is 1. The monoisotopic (exact) mass is 262 g/mol. The Balaban J connectivity index is 1.85. The SMILES string of the molecule is CC1(C(=O)C2CCCc3sccc32)CCCCC1. The van der Waals surface area contributed by atoms with Gasteiger partial charge < -0.3 is 0 Å². The number of Topliss-reactive ketones (excluding diaryl/α,β-unsaturated/α-hetero) is 1. The van der Waals surface area contributed by atoms with Crippen molar-refractivity contribution < 1.29 is 4.79 Å². The highest BCUT2D eigenvalue weighted by atomic mass is 32.1. The second kappa shape index (κ2) is 4.80. The molecule has 1 nitrogen and oxygen atoms in total. The second-order valence-corrected chi connectivity index (χ2v) is 7.23. The smallest absolute Gasteiger partial charge is 0.146 e. The Morgan fingerprint density at radius 2 is 2.06 bits per heavy atom. The number of fused-ring (bicyclic) bond motifs is 1. The Hall–Kier alpha value is -0.630. The number of thiophene rings is 1. The van der Waals surface area contributed by atoms with Gasteiger partial charge in [0.25, 0.3) is 0 Å². The highest BCUT2D eigenvalue weighted by Crippen LogP contribution is 2.44. The van der Waals surface area contributed by atoms with Crippen LogP contribution in [0.5, 0.6) is 0 Å². The van der Waals surface area contributed by atoms with Gasteiger partial charge >= 0.3 is 0 Å². The van der Waals surface area contributed by atoms with Crippen LogP contribution >= 0.6 is 11.3 Å². The fourth-order valence-electron chi connectivity index (χ4n) is 3.76. The van der Waals surface area contributed by atoms with E-state index in [1.165, 1.54) is 42.5 Å². The van der Waals surface area contributed by atoms with Gasteiger partial charge in [-0.1, -0.05) is 26.2 Å². The first-order chi connectivity index (χ1) is 8.71. The number of rotatable bonds is 2. The van der Waals surface area contributed by atoms with Crippen LogP contribution < -0.4 is 0 Å². The van der Waals surface area contributed by atoms with Crippen LogP contribution in [0.4, 0.5) is 0 Å². The molecule has 0 aliphatic heterocycles. The van der Waals surface area contributed by atoms with E-state index < -0.39 is 0 Å². The van der Waals surface area contributed by atoms with E-state index in [4.69, 9.17) is 0 Å². The van der Waals surface area contributed by atoms with Gasteiger partial charge in [0, 0.05) is 16.2 Å². The molecule has 3 rings (SSSR count). The largest absolute Gasteiger partial charge is 0.298 e. The predicted molar refractivity (Wildman–Crippen MR) is 76.2 cm³/mol. The summed E-state index contributed by atoms with van der Waals surface area (Å²) < 4.78 is 0. The summed E-state index contributed by atoms with van der Waals surface area (Å²) >= 11 is 1.84. The molecule has 0 N–H and O–H groups in total. The fraction of sp³-hybridized carbons (Fsp3) is 0.688. The molecule has 0 bridgehead atoms. The van der Waals surface area contributed by atoms with E-state index in [1.807, 2.05) is 11.3 Å². The normalized spacial score (nSPS) is 26.6. The average Bonchev–Trinajstić information content (AvgIpc) is 2.87. The van der Waals surface area contributed by atoms with Crippen LogP contribution in [0.25, 0.3) is 0 Å². The molecule has 1 saturated carbocycles. The molecule has 1 unspecified atom stereocenters. The van der Waals surface area contributed by atoms with Crippen LogP contribution in [0.15, 0.2) is 11.4 Å². The average molecular weight is 262 g/mol. The molecule has 1 heterocycles. The van der Waals surface area contributed by atoms with Crippen molar-refractivity contribution in [2.45, 2.75) is 64.2 Å². The summed E-state index contributed by atoms with van der Waals surface area (Å²) in [5, 5.41) is 2.17. The molecular formula is C16H22OS. The van der Waals surface area contributed by atoms with Crippen molar-refractivity contribution in [2.24, 2.45) is 5.41 Å². The fourth-order valence-corrected chi connectivity index (χ4v) is 4.75. The molecule has 1 fully saturated rings. The van der Waals surface area contributed by atoms with Gasteiger partial charge in [0.05, 0.1) is 0 Å². The van der Waals surface area contributed by atoms with Crippen LogP contribution in [-0.4, -0.2) is 5.78 Å². The molecule has 2 heteroatoms. The zero-order chi connectivity index (χ0) is 12.6. The summed E-state index contributed by atoms with van der Waals surface area (Å²) in [5.41, 5.74) is 1.34. The Bertz CT molecular complexity index is 440. The maximum atomic E-state index is 12.9. The van der Waals surface area contributed by atoms with Gasteiger partial charge in [-0.05, 0) is 49.1 Å². The van der Waals surface area contributed by atoms with Crippen molar-refractivity contribution in [1.29, 1.82) is 0 Å². The first kappa shape index (κ1) is 12.4. The van der Waals surface area contributed by atoms with Crippen molar-refractivity contribution >= 4 is 17.1 Å². The third-order valence-electron chi connectivity index (χ3n) is 4.92. The van der Waals surface area contributed by atoms with Crippen molar-refractivity contribution in [1.82, 2.24) is 0 Å². The molecule has 1 aromatic heterocycles. The molecule has 0 radical (unpaired) electrons. The van der Waals surface area contributed by atoms with E-state index in [9.17, 15) is 4.79 Å². The zero-order valence-electron chi connectivity index (χ0n) is 11.2. The molecule has 0 saturated heterocycles. The van der Waals surface area contributed by atoms with Crippen molar-refractivity contribution in [2.75, 3.05) is 0 Å². The van der Waals surface area contributed by atoms with Crippen LogP contribution in [-0.2, 0) is 11.2 Å². The van der Waals surface area contributed by atoms with E-state index in [1.54, 1.807) is 0 Å². The second-order valence-electron chi connectivity index (χ2n) is 6.23. The van der Waals surface area contributed by atoms with E-state index in [-0.39, 0.29) is 11.3 Å². The standard InChI is InChI=1S/C16H22OS/c1-16(9-3-2-4-10-16)15(17)13-6-5-7-14-12(13)8-11-18-14/h8,11,13H,2-7,9-10H2,1H3. The summed E-state index contributed by atoms with van der Waals surface area (Å²) in [6, 6.07) is 2.20. The third kappa shape index (κ3) is 2.05. The third-order valence-corrected chi connectivity index (χ3v) is 5.92. The highest BCUT2D eigenvalue weighted by molar-refractivity contribution is 7.10. The van der Waals surface area contributed by atoms with Gasteiger partial charge in [-0.3, -0.25) is 4.79 Å². The Labute approximate surface area is 114 Å². The van der Waals surface area contributed by atoms with E-state index in [0.717, 1.165) is 19.3 Å². The predicted octanol–water partition coefficient (Wildman–Crippen LogP) is 4.71. The lowest BCUT2D eigenvalue weighted by Crippen LogP contribution is -2.35. The number of aryl methyl sites for hydroxylation is 1. The van der Waals surface area contributed by atoms with Crippen LogP contribution in [0.1, 0.15) is 68.2 Å². The summed E-state index contributed by atoms with van der Waals surface area (Å²) in [6.45, 7) is 2.22. The van der Waals surface area contributed by atoms with Crippen LogP contribution in [0, 0.1) is 5.41 Å². The molecule has 1 aromatic rings. The number of hydrogen-bond donors (Lipinski definition) is 0. The summed E-state index contributed by atoms with van der Waals surface area (Å²) in [4.78, 5) is 14.4. The Morgan fingerprint density at radius 3 is 2.83 bits per heavy atom. The topological polar surface area (TPSA) is 17.1 Å². The maximum Gasteiger partial charge on any atom is 0.146 e. The quantitative estimate of drug-likeness (QED) is 0.754. The molecular weight excluding hydrogens is 240 g/mol. The lowest BCUT2D eigenvalue weighted by molar-refractivity contribution is -0.131. The van der Waals surface area contributed by atoms with Crippen LogP contribution in [0.3, 0.4) is 0 Å². The Morgan fingerprint density at radius 1 is 1.28 bits per heavy atom. The molecule has 0 amide bonds. The number of carbonyl (C=O) groups is 1. The van der Waals surface area contributed by atoms with Crippen molar-refractivity contribution in [3.8, 4) is 0 Å². The van der Waals surface area contributed by atoms with Gasteiger partial charge in [0.1, 0.15) is 5.78 Å². The van der Waals surface area contributed by atoms with E-state index in [0.29, 0.717) is 5.78 Å². The summed E-state index contributed by atoms with van der Waals surface area (Å²) in [7, 11) is 0. The minimum atomic E-state index is -0.0283. The van der Waals surface area contributed by atoms with E-state index >= 15 is 0 Å². The number of hydrogen-bond acceptors (Lipinski definition) is 2. The van der Waals surface area contributed by atoms with Gasteiger partial charge in [-0.25, -0.2) is 0 Å². The zero-order valence-corrected chi connectivity index (χ0v) is 12.0. The molecule has 18 heavy (non-hydrogen) atoms. The van der Waals surface area contributed by atoms with Crippen molar-refractivity contribution in [3.05, 3.63) is 21.9 Å². The maximum absolute atomic E-state index is 12.9. The lowest BCUT2D eigenvalue weighted by Gasteiger charge is -2.36. The van der Waals surface area contributed by atoms with E-state index in [2.05, 4.69) is 18.4 Å². The number of ketones is 1. The molecule has 1 atom stereocenters. The first-order valence-electron chi connectivity index (χ1n) is 7.31. The molecule has 2 aliphatic carbocycles. The van der Waals surface area contributed by atoms with Gasteiger partial charge in [-0.15, -0.1) is 11.3 Å². The van der Waals surface area contributed by atoms with Gasteiger partial charge in [0.2, 0.25) is 0 Å². The minimum absolute atomic E-state index is 0.0283.